The maximum atomic E-state index is 12.1. The topological polar surface area (TPSA) is 113 Å². The minimum Gasteiger partial charge on any atom is -0.409 e. The number of amides is 1. The minimum absolute atomic E-state index is 0.00844. The first-order chi connectivity index (χ1) is 9.91. The molecule has 1 aliphatic rings. The van der Waals surface area contributed by atoms with E-state index in [0.29, 0.717) is 5.56 Å². The second kappa shape index (κ2) is 6.13. The molecule has 1 heterocycles. The number of hydrogen-bond donors (Lipinski definition) is 2. The number of amidine groups is 1. The maximum Gasteiger partial charge on any atom is 0.227 e. The number of carbonyl (C=O) groups is 1. The third-order valence-corrected chi connectivity index (χ3v) is 5.02. The van der Waals surface area contributed by atoms with Gasteiger partial charge in [0, 0.05) is 18.7 Å². The fourth-order valence-corrected chi connectivity index (χ4v) is 3.30. The van der Waals surface area contributed by atoms with E-state index in [4.69, 9.17) is 10.9 Å². The first-order valence-electron chi connectivity index (χ1n) is 6.46. The maximum absolute atomic E-state index is 12.1. The quantitative estimate of drug-likeness (QED) is 0.341. The number of carbonyl (C=O) groups excluding carboxylic acids is 1. The second-order valence-electron chi connectivity index (χ2n) is 4.89. The molecule has 1 aromatic carbocycles. The van der Waals surface area contributed by atoms with Crippen LogP contribution in [0.3, 0.4) is 0 Å². The van der Waals surface area contributed by atoms with Crippen molar-refractivity contribution in [2.75, 3.05) is 24.6 Å². The van der Waals surface area contributed by atoms with E-state index in [9.17, 15) is 13.2 Å². The second-order valence-corrected chi connectivity index (χ2v) is 7.20. The first kappa shape index (κ1) is 15.3. The molecule has 0 radical (unpaired) electrons. The van der Waals surface area contributed by atoms with Gasteiger partial charge in [-0.3, -0.25) is 4.79 Å². The van der Waals surface area contributed by atoms with Gasteiger partial charge in [0.05, 0.1) is 17.9 Å². The fourth-order valence-electron chi connectivity index (χ4n) is 2.10. The van der Waals surface area contributed by atoms with Gasteiger partial charge in [0.25, 0.3) is 0 Å². The number of oxime groups is 1. The van der Waals surface area contributed by atoms with Gasteiger partial charge >= 0.3 is 0 Å². The first-order valence-corrected chi connectivity index (χ1v) is 8.28. The summed E-state index contributed by atoms with van der Waals surface area (Å²) in [6, 6.07) is 6.79. The molecule has 114 valence electrons. The highest BCUT2D eigenvalue weighted by atomic mass is 32.2. The van der Waals surface area contributed by atoms with Gasteiger partial charge in [-0.25, -0.2) is 8.42 Å². The smallest absolute Gasteiger partial charge is 0.227 e. The summed E-state index contributed by atoms with van der Waals surface area (Å²) in [7, 11) is -2.98. The van der Waals surface area contributed by atoms with Gasteiger partial charge in [0.2, 0.25) is 5.91 Å². The van der Waals surface area contributed by atoms with Crippen molar-refractivity contribution in [1.29, 1.82) is 0 Å². The Bertz CT molecular complexity index is 638. The van der Waals surface area contributed by atoms with E-state index < -0.39 is 9.84 Å². The van der Waals surface area contributed by atoms with Crippen LogP contribution in [0.15, 0.2) is 29.4 Å². The molecule has 1 aromatic rings. The minimum atomic E-state index is -2.98. The average Bonchev–Trinajstić information content (AvgIpc) is 2.47. The van der Waals surface area contributed by atoms with Gasteiger partial charge in [-0.2, -0.15) is 0 Å². The zero-order chi connectivity index (χ0) is 15.5. The van der Waals surface area contributed by atoms with Crippen LogP contribution in [0.25, 0.3) is 0 Å². The van der Waals surface area contributed by atoms with E-state index in [1.54, 1.807) is 29.2 Å². The summed E-state index contributed by atoms with van der Waals surface area (Å²) >= 11 is 0. The standard InChI is InChI=1S/C13H17N3O4S/c14-13(15-18)11-3-1-10(2-4-11)9-12(17)16-5-7-21(19,20)8-6-16/h1-4,18H,5-9H2,(H2,14,15). The summed E-state index contributed by atoms with van der Waals surface area (Å²) in [6.45, 7) is 0.507. The molecule has 3 N–H and O–H groups in total. The molecule has 0 aliphatic carbocycles. The van der Waals surface area contributed by atoms with Crippen molar-refractivity contribution in [3.05, 3.63) is 35.4 Å². The number of nitrogens with two attached hydrogens (primary N) is 1. The van der Waals surface area contributed by atoms with E-state index in [1.165, 1.54) is 0 Å². The summed E-state index contributed by atoms with van der Waals surface area (Å²) in [4.78, 5) is 13.7. The lowest BCUT2D eigenvalue weighted by atomic mass is 10.1. The molecular formula is C13H17N3O4S. The lowest BCUT2D eigenvalue weighted by molar-refractivity contribution is -0.130. The van der Waals surface area contributed by atoms with E-state index >= 15 is 0 Å². The van der Waals surface area contributed by atoms with Gasteiger partial charge in [-0.05, 0) is 5.56 Å². The Morgan fingerprint density at radius 1 is 1.24 bits per heavy atom. The molecule has 0 bridgehead atoms. The van der Waals surface area contributed by atoms with Crippen molar-refractivity contribution in [2.24, 2.45) is 10.9 Å². The van der Waals surface area contributed by atoms with Crippen molar-refractivity contribution in [2.45, 2.75) is 6.42 Å². The summed E-state index contributed by atoms with van der Waals surface area (Å²) < 4.78 is 22.7. The number of hydrogen-bond acceptors (Lipinski definition) is 5. The molecule has 21 heavy (non-hydrogen) atoms. The van der Waals surface area contributed by atoms with Gasteiger partial charge in [-0.15, -0.1) is 0 Å². The van der Waals surface area contributed by atoms with E-state index in [0.717, 1.165) is 5.56 Å². The Morgan fingerprint density at radius 3 is 2.33 bits per heavy atom. The van der Waals surface area contributed by atoms with Gasteiger partial charge < -0.3 is 15.8 Å². The molecule has 0 aromatic heterocycles. The van der Waals surface area contributed by atoms with Crippen LogP contribution in [0, 0.1) is 0 Å². The van der Waals surface area contributed by atoms with Gasteiger partial charge in [0.1, 0.15) is 0 Å². The van der Waals surface area contributed by atoms with Crippen molar-refractivity contribution >= 4 is 21.6 Å². The summed E-state index contributed by atoms with van der Waals surface area (Å²) in [5.41, 5.74) is 6.82. The molecule has 0 atom stereocenters. The molecule has 0 spiro atoms. The Morgan fingerprint density at radius 2 is 1.81 bits per heavy atom. The molecule has 1 amide bonds. The van der Waals surface area contributed by atoms with Crippen LogP contribution >= 0.6 is 0 Å². The van der Waals surface area contributed by atoms with Crippen LogP contribution in [0.5, 0.6) is 0 Å². The number of rotatable bonds is 3. The van der Waals surface area contributed by atoms with Crippen molar-refractivity contribution in [3.63, 3.8) is 0 Å². The molecule has 0 unspecified atom stereocenters. The normalized spacial score (nSPS) is 18.5. The molecule has 1 saturated heterocycles. The van der Waals surface area contributed by atoms with Crippen LogP contribution in [0.4, 0.5) is 0 Å². The number of nitrogens with zero attached hydrogens (tertiary/aromatic N) is 2. The summed E-state index contributed by atoms with van der Waals surface area (Å²) in [5.74, 6) is -0.0296. The Kier molecular flexibility index (Phi) is 4.46. The number of benzene rings is 1. The number of sulfone groups is 1. The molecule has 1 aliphatic heterocycles. The van der Waals surface area contributed by atoms with Crippen LogP contribution in [-0.4, -0.2) is 54.9 Å². The molecular weight excluding hydrogens is 294 g/mol. The van der Waals surface area contributed by atoms with Crippen LogP contribution < -0.4 is 5.73 Å². The highest BCUT2D eigenvalue weighted by Gasteiger charge is 2.24. The third kappa shape index (κ3) is 3.94. The van der Waals surface area contributed by atoms with Gasteiger partial charge in [-0.1, -0.05) is 29.4 Å². The molecule has 0 saturated carbocycles. The Balaban J connectivity index is 1.97. The predicted molar refractivity (Wildman–Crippen MR) is 77.9 cm³/mol. The third-order valence-electron chi connectivity index (χ3n) is 3.41. The van der Waals surface area contributed by atoms with Crippen LogP contribution in [0.2, 0.25) is 0 Å². The van der Waals surface area contributed by atoms with Crippen LogP contribution in [0.1, 0.15) is 11.1 Å². The summed E-state index contributed by atoms with van der Waals surface area (Å²) in [5, 5.41) is 11.5. The summed E-state index contributed by atoms with van der Waals surface area (Å²) in [6.07, 6.45) is 0.205. The Labute approximate surface area is 123 Å². The zero-order valence-electron chi connectivity index (χ0n) is 11.4. The predicted octanol–water partition coefficient (Wildman–Crippen LogP) is -0.419. The average molecular weight is 311 g/mol. The molecule has 7 nitrogen and oxygen atoms in total. The zero-order valence-corrected chi connectivity index (χ0v) is 12.2. The van der Waals surface area contributed by atoms with Crippen molar-refractivity contribution < 1.29 is 18.4 Å². The van der Waals surface area contributed by atoms with Crippen molar-refractivity contribution in [3.8, 4) is 0 Å². The monoisotopic (exact) mass is 311 g/mol. The largest absolute Gasteiger partial charge is 0.409 e. The molecule has 1 fully saturated rings. The van der Waals surface area contributed by atoms with E-state index in [1.807, 2.05) is 0 Å². The highest BCUT2D eigenvalue weighted by Crippen LogP contribution is 2.09. The SMILES string of the molecule is NC(=NO)c1ccc(CC(=O)N2CCS(=O)(=O)CC2)cc1. The highest BCUT2D eigenvalue weighted by molar-refractivity contribution is 7.91. The fraction of sp³-hybridized carbons (Fsp3) is 0.385. The van der Waals surface area contributed by atoms with Crippen LogP contribution in [-0.2, 0) is 21.1 Å². The molecule has 2 rings (SSSR count). The van der Waals surface area contributed by atoms with Crippen molar-refractivity contribution in [1.82, 2.24) is 4.90 Å². The lowest BCUT2D eigenvalue weighted by Crippen LogP contribution is -2.44. The van der Waals surface area contributed by atoms with E-state index in [-0.39, 0.29) is 42.8 Å². The Hall–Kier alpha value is -2.09. The lowest BCUT2D eigenvalue weighted by Gasteiger charge is -2.26. The van der Waals surface area contributed by atoms with E-state index in [2.05, 4.69) is 5.16 Å². The van der Waals surface area contributed by atoms with Gasteiger partial charge in [0.15, 0.2) is 15.7 Å². The molecule has 8 heteroatoms.